The quantitative estimate of drug-likeness (QED) is 0.627. The maximum atomic E-state index is 12.1. The topological polar surface area (TPSA) is 46.6 Å². The monoisotopic (exact) mass is 285 g/mol. The molecule has 0 radical (unpaired) electrons. The molecule has 1 amide bonds. The second kappa shape index (κ2) is 6.24. The molecule has 0 bridgehead atoms. The molecule has 18 heavy (non-hydrogen) atoms. The van der Waals surface area contributed by atoms with Crippen LogP contribution in [-0.2, 0) is 14.3 Å². The van der Waals surface area contributed by atoms with Gasteiger partial charge in [-0.2, -0.15) is 0 Å². The second-order valence-corrected chi connectivity index (χ2v) is 6.21. The van der Waals surface area contributed by atoms with E-state index in [9.17, 15) is 9.59 Å². The highest BCUT2D eigenvalue weighted by Gasteiger charge is 2.34. The Morgan fingerprint density at radius 1 is 1.61 bits per heavy atom. The van der Waals surface area contributed by atoms with E-state index in [0.29, 0.717) is 18.7 Å². The molecule has 2 heterocycles. The zero-order chi connectivity index (χ0) is 13.0. The standard InChI is InChI=1S/C12H15NO3S2/c1-16-12(15)9-4-2-6-13(9)10(14)8-18-11-5-3-7-17-11/h3,5,7,9H,2,4,6,8H2,1H3. The van der Waals surface area contributed by atoms with Crippen molar-refractivity contribution in [3.05, 3.63) is 17.5 Å². The lowest BCUT2D eigenvalue weighted by Crippen LogP contribution is -2.41. The highest BCUT2D eigenvalue weighted by molar-refractivity contribution is 8.01. The summed E-state index contributed by atoms with van der Waals surface area (Å²) in [5.41, 5.74) is 0. The van der Waals surface area contributed by atoms with Crippen molar-refractivity contribution in [1.29, 1.82) is 0 Å². The van der Waals surface area contributed by atoms with E-state index in [1.807, 2.05) is 17.5 Å². The molecule has 1 atom stereocenters. The van der Waals surface area contributed by atoms with E-state index in [4.69, 9.17) is 4.74 Å². The molecule has 0 N–H and O–H groups in total. The molecule has 1 unspecified atom stereocenters. The largest absolute Gasteiger partial charge is 0.467 e. The van der Waals surface area contributed by atoms with Crippen LogP contribution in [0.15, 0.2) is 21.7 Å². The summed E-state index contributed by atoms with van der Waals surface area (Å²) in [6, 6.07) is 3.57. The van der Waals surface area contributed by atoms with Gasteiger partial charge in [0.05, 0.1) is 17.1 Å². The Morgan fingerprint density at radius 3 is 3.11 bits per heavy atom. The van der Waals surface area contributed by atoms with Gasteiger partial charge in [-0.1, -0.05) is 6.07 Å². The van der Waals surface area contributed by atoms with Crippen LogP contribution in [0.2, 0.25) is 0 Å². The molecule has 4 nitrogen and oxygen atoms in total. The number of thioether (sulfide) groups is 1. The first-order valence-corrected chi connectivity index (χ1v) is 7.62. The van der Waals surface area contributed by atoms with Gasteiger partial charge in [0.15, 0.2) is 0 Å². The number of likely N-dealkylation sites (tertiary alicyclic amines) is 1. The highest BCUT2D eigenvalue weighted by Crippen LogP contribution is 2.25. The number of rotatable bonds is 4. The van der Waals surface area contributed by atoms with Crippen LogP contribution in [0.5, 0.6) is 0 Å². The number of esters is 1. The third-order valence-corrected chi connectivity index (χ3v) is 5.00. The predicted octanol–water partition coefficient (Wildman–Crippen LogP) is 2.00. The third-order valence-electron chi connectivity index (χ3n) is 2.88. The molecular formula is C12H15NO3S2. The number of carbonyl (C=O) groups is 2. The summed E-state index contributed by atoms with van der Waals surface area (Å²) in [4.78, 5) is 25.3. The van der Waals surface area contributed by atoms with E-state index in [1.165, 1.54) is 18.9 Å². The highest BCUT2D eigenvalue weighted by atomic mass is 32.2. The Hall–Kier alpha value is -1.01. The number of hydrogen-bond acceptors (Lipinski definition) is 5. The fourth-order valence-electron chi connectivity index (χ4n) is 2.01. The van der Waals surface area contributed by atoms with Crippen molar-refractivity contribution in [2.24, 2.45) is 0 Å². The average molecular weight is 285 g/mol. The zero-order valence-electron chi connectivity index (χ0n) is 10.1. The lowest BCUT2D eigenvalue weighted by atomic mass is 10.2. The molecule has 98 valence electrons. The molecule has 1 aliphatic heterocycles. The predicted molar refractivity (Wildman–Crippen MR) is 71.8 cm³/mol. The first-order chi connectivity index (χ1) is 8.72. The van der Waals surface area contributed by atoms with E-state index in [0.717, 1.165) is 10.6 Å². The van der Waals surface area contributed by atoms with Crippen LogP contribution in [0.1, 0.15) is 12.8 Å². The summed E-state index contributed by atoms with van der Waals surface area (Å²) in [6.45, 7) is 0.656. The van der Waals surface area contributed by atoms with Crippen LogP contribution < -0.4 is 0 Å². The number of ether oxygens (including phenoxy) is 1. The van der Waals surface area contributed by atoms with Gasteiger partial charge in [-0.15, -0.1) is 23.1 Å². The van der Waals surface area contributed by atoms with Crippen LogP contribution in [-0.4, -0.2) is 42.2 Å². The minimum absolute atomic E-state index is 0.0151. The molecule has 1 saturated heterocycles. The Kier molecular flexibility index (Phi) is 4.66. The molecule has 0 aliphatic carbocycles. The van der Waals surface area contributed by atoms with Crippen molar-refractivity contribution in [2.45, 2.75) is 23.1 Å². The van der Waals surface area contributed by atoms with E-state index < -0.39 is 0 Å². The first kappa shape index (κ1) is 13.4. The Bertz CT molecular complexity index is 419. The van der Waals surface area contributed by atoms with E-state index in [2.05, 4.69) is 0 Å². The van der Waals surface area contributed by atoms with Crippen molar-refractivity contribution in [3.8, 4) is 0 Å². The summed E-state index contributed by atoms with van der Waals surface area (Å²) in [5, 5.41) is 1.99. The molecule has 1 aromatic heterocycles. The van der Waals surface area contributed by atoms with Crippen LogP contribution in [0.4, 0.5) is 0 Å². The van der Waals surface area contributed by atoms with Crippen molar-refractivity contribution < 1.29 is 14.3 Å². The molecule has 1 aromatic rings. The van der Waals surface area contributed by atoms with Crippen LogP contribution >= 0.6 is 23.1 Å². The van der Waals surface area contributed by atoms with Gasteiger partial charge in [-0.25, -0.2) is 4.79 Å². The van der Waals surface area contributed by atoms with Crippen LogP contribution in [0, 0.1) is 0 Å². The smallest absolute Gasteiger partial charge is 0.328 e. The maximum absolute atomic E-state index is 12.1. The average Bonchev–Trinajstić information content (AvgIpc) is 3.05. The number of carbonyl (C=O) groups excluding carboxylic acids is 2. The van der Waals surface area contributed by atoms with Gasteiger partial charge >= 0.3 is 5.97 Å². The van der Waals surface area contributed by atoms with Gasteiger partial charge in [0.1, 0.15) is 6.04 Å². The number of nitrogens with zero attached hydrogens (tertiary/aromatic N) is 1. The Morgan fingerprint density at radius 2 is 2.44 bits per heavy atom. The molecule has 0 spiro atoms. The lowest BCUT2D eigenvalue weighted by molar-refractivity contribution is -0.150. The maximum Gasteiger partial charge on any atom is 0.328 e. The van der Waals surface area contributed by atoms with Crippen molar-refractivity contribution in [1.82, 2.24) is 4.90 Å². The van der Waals surface area contributed by atoms with Gasteiger partial charge in [-0.05, 0) is 24.3 Å². The van der Waals surface area contributed by atoms with Gasteiger partial charge in [0.25, 0.3) is 0 Å². The van der Waals surface area contributed by atoms with Crippen LogP contribution in [0.25, 0.3) is 0 Å². The lowest BCUT2D eigenvalue weighted by Gasteiger charge is -2.22. The molecule has 2 rings (SSSR count). The van der Waals surface area contributed by atoms with Gasteiger partial charge in [0.2, 0.25) is 5.91 Å². The third kappa shape index (κ3) is 3.05. The number of methoxy groups -OCH3 is 1. The molecule has 1 aliphatic rings. The Balaban J connectivity index is 1.89. The van der Waals surface area contributed by atoms with E-state index in [1.54, 1.807) is 16.2 Å². The van der Waals surface area contributed by atoms with Gasteiger partial charge < -0.3 is 9.64 Å². The molecule has 6 heteroatoms. The minimum atomic E-state index is -0.383. The number of hydrogen-bond donors (Lipinski definition) is 0. The molecular weight excluding hydrogens is 270 g/mol. The number of amides is 1. The van der Waals surface area contributed by atoms with E-state index in [-0.39, 0.29) is 17.9 Å². The summed E-state index contributed by atoms with van der Waals surface area (Å²) in [7, 11) is 1.36. The van der Waals surface area contributed by atoms with E-state index >= 15 is 0 Å². The zero-order valence-corrected chi connectivity index (χ0v) is 11.8. The van der Waals surface area contributed by atoms with Gasteiger partial charge in [-0.3, -0.25) is 4.79 Å². The van der Waals surface area contributed by atoms with Crippen molar-refractivity contribution in [3.63, 3.8) is 0 Å². The summed E-state index contributed by atoms with van der Waals surface area (Å²) in [5.74, 6) is 0.0943. The molecule has 0 aromatic carbocycles. The fourth-order valence-corrected chi connectivity index (χ4v) is 3.68. The Labute approximate surface area is 114 Å². The second-order valence-electron chi connectivity index (χ2n) is 3.99. The summed E-state index contributed by atoms with van der Waals surface area (Å²) >= 11 is 3.14. The molecule has 0 saturated carbocycles. The van der Waals surface area contributed by atoms with Crippen molar-refractivity contribution in [2.75, 3.05) is 19.4 Å². The van der Waals surface area contributed by atoms with Crippen molar-refractivity contribution >= 4 is 35.0 Å². The van der Waals surface area contributed by atoms with Crippen LogP contribution in [0.3, 0.4) is 0 Å². The fraction of sp³-hybridized carbons (Fsp3) is 0.500. The van der Waals surface area contributed by atoms with Gasteiger partial charge in [0, 0.05) is 6.54 Å². The summed E-state index contributed by atoms with van der Waals surface area (Å²) < 4.78 is 5.85. The SMILES string of the molecule is COC(=O)C1CCCN1C(=O)CSc1cccs1. The summed E-state index contributed by atoms with van der Waals surface area (Å²) in [6.07, 6.45) is 1.58. The first-order valence-electron chi connectivity index (χ1n) is 5.76. The number of thiophene rings is 1. The minimum Gasteiger partial charge on any atom is -0.467 e. The molecule has 1 fully saturated rings. The normalized spacial score (nSPS) is 18.9.